The zero-order valence-electron chi connectivity index (χ0n) is 10.7. The summed E-state index contributed by atoms with van der Waals surface area (Å²) in [4.78, 5) is 0. The Morgan fingerprint density at radius 1 is 1.00 bits per heavy atom. The second-order valence-electron chi connectivity index (χ2n) is 5.18. The second-order valence-corrected chi connectivity index (χ2v) is 5.61. The van der Waals surface area contributed by atoms with E-state index in [0.29, 0.717) is 6.04 Å². The molecule has 0 spiro atoms. The van der Waals surface area contributed by atoms with Crippen LogP contribution in [0.15, 0.2) is 36.4 Å². The van der Waals surface area contributed by atoms with E-state index < -0.39 is 0 Å². The fourth-order valence-corrected chi connectivity index (χ4v) is 3.18. The summed E-state index contributed by atoms with van der Waals surface area (Å²) in [7, 11) is 0. The standard InChI is InChI=1S/C16H18ClN/c1-12-6-11-16(13-7-9-14(17)10-8-13)18(12)15-4-2-3-5-15/h6-11,15H,2-5H2,1H3. The summed E-state index contributed by atoms with van der Waals surface area (Å²) in [5.41, 5.74) is 3.96. The smallest absolute Gasteiger partial charge is 0.0485 e. The largest absolute Gasteiger partial charge is 0.342 e. The summed E-state index contributed by atoms with van der Waals surface area (Å²) >= 11 is 5.96. The number of hydrogen-bond donors (Lipinski definition) is 0. The predicted octanol–water partition coefficient (Wildman–Crippen LogP) is 5.23. The van der Waals surface area contributed by atoms with Gasteiger partial charge in [0.2, 0.25) is 0 Å². The van der Waals surface area contributed by atoms with Gasteiger partial charge in [0.05, 0.1) is 0 Å². The molecule has 1 fully saturated rings. The van der Waals surface area contributed by atoms with Gasteiger partial charge in [-0.3, -0.25) is 0 Å². The van der Waals surface area contributed by atoms with E-state index in [-0.39, 0.29) is 0 Å². The molecule has 1 aromatic heterocycles. The molecule has 2 heteroatoms. The third-order valence-corrected chi connectivity index (χ3v) is 4.20. The lowest BCUT2D eigenvalue weighted by Crippen LogP contribution is -2.07. The molecule has 1 saturated carbocycles. The van der Waals surface area contributed by atoms with Crippen molar-refractivity contribution in [2.75, 3.05) is 0 Å². The van der Waals surface area contributed by atoms with Crippen LogP contribution in [0.4, 0.5) is 0 Å². The zero-order chi connectivity index (χ0) is 12.5. The fraction of sp³-hybridized carbons (Fsp3) is 0.375. The Hall–Kier alpha value is -1.21. The highest BCUT2D eigenvalue weighted by atomic mass is 35.5. The van der Waals surface area contributed by atoms with Crippen LogP contribution in [0.2, 0.25) is 5.02 Å². The van der Waals surface area contributed by atoms with Crippen molar-refractivity contribution in [3.63, 3.8) is 0 Å². The van der Waals surface area contributed by atoms with Crippen molar-refractivity contribution >= 4 is 11.6 Å². The molecular formula is C16H18ClN. The highest BCUT2D eigenvalue weighted by Gasteiger charge is 2.20. The first-order valence-corrected chi connectivity index (χ1v) is 7.07. The molecule has 0 aliphatic heterocycles. The van der Waals surface area contributed by atoms with Crippen molar-refractivity contribution < 1.29 is 0 Å². The van der Waals surface area contributed by atoms with Gasteiger partial charge in [-0.05, 0) is 49.6 Å². The summed E-state index contributed by atoms with van der Waals surface area (Å²) in [6.45, 7) is 2.21. The molecule has 0 N–H and O–H groups in total. The van der Waals surface area contributed by atoms with Crippen LogP contribution in [0.5, 0.6) is 0 Å². The monoisotopic (exact) mass is 259 g/mol. The Labute approximate surface area is 113 Å². The molecule has 1 heterocycles. The molecule has 1 aliphatic rings. The topological polar surface area (TPSA) is 4.93 Å². The lowest BCUT2D eigenvalue weighted by atomic mass is 10.1. The first-order valence-electron chi connectivity index (χ1n) is 6.69. The zero-order valence-corrected chi connectivity index (χ0v) is 11.5. The van der Waals surface area contributed by atoms with Crippen molar-refractivity contribution in [2.45, 2.75) is 38.6 Å². The summed E-state index contributed by atoms with van der Waals surface area (Å²) in [6, 6.07) is 13.3. The minimum atomic E-state index is 0.686. The summed E-state index contributed by atoms with van der Waals surface area (Å²) in [5.74, 6) is 0. The predicted molar refractivity (Wildman–Crippen MR) is 77.1 cm³/mol. The van der Waals surface area contributed by atoms with Crippen LogP contribution in [0, 0.1) is 6.92 Å². The van der Waals surface area contributed by atoms with Crippen molar-refractivity contribution in [3.8, 4) is 11.3 Å². The van der Waals surface area contributed by atoms with Crippen molar-refractivity contribution in [1.82, 2.24) is 4.57 Å². The minimum absolute atomic E-state index is 0.686. The maximum absolute atomic E-state index is 5.96. The van der Waals surface area contributed by atoms with Gasteiger partial charge in [0, 0.05) is 22.5 Å². The van der Waals surface area contributed by atoms with E-state index >= 15 is 0 Å². The number of halogens is 1. The Morgan fingerprint density at radius 2 is 1.67 bits per heavy atom. The molecule has 0 unspecified atom stereocenters. The number of rotatable bonds is 2. The van der Waals surface area contributed by atoms with Crippen LogP contribution in [-0.2, 0) is 0 Å². The quantitative estimate of drug-likeness (QED) is 0.696. The number of benzene rings is 1. The Kier molecular flexibility index (Phi) is 3.17. The lowest BCUT2D eigenvalue weighted by Gasteiger charge is -2.19. The molecule has 0 bridgehead atoms. The van der Waals surface area contributed by atoms with Crippen molar-refractivity contribution in [1.29, 1.82) is 0 Å². The average Bonchev–Trinajstić information content (AvgIpc) is 2.99. The summed E-state index contributed by atoms with van der Waals surface area (Å²) in [6.07, 6.45) is 5.36. The van der Waals surface area contributed by atoms with Gasteiger partial charge in [0.1, 0.15) is 0 Å². The van der Waals surface area contributed by atoms with Gasteiger partial charge in [-0.15, -0.1) is 0 Å². The maximum atomic E-state index is 5.96. The molecule has 18 heavy (non-hydrogen) atoms. The molecule has 1 aliphatic carbocycles. The van der Waals surface area contributed by atoms with E-state index in [1.54, 1.807) is 0 Å². The van der Waals surface area contributed by atoms with Crippen molar-refractivity contribution in [2.24, 2.45) is 0 Å². The molecule has 0 saturated heterocycles. The summed E-state index contributed by atoms with van der Waals surface area (Å²) < 4.78 is 2.51. The third-order valence-electron chi connectivity index (χ3n) is 3.95. The fourth-order valence-electron chi connectivity index (χ4n) is 3.05. The second kappa shape index (κ2) is 4.81. The Balaban J connectivity index is 2.04. The van der Waals surface area contributed by atoms with Gasteiger partial charge in [0.25, 0.3) is 0 Å². The van der Waals surface area contributed by atoms with Crippen LogP contribution in [-0.4, -0.2) is 4.57 Å². The van der Waals surface area contributed by atoms with Crippen LogP contribution in [0.1, 0.15) is 37.4 Å². The maximum Gasteiger partial charge on any atom is 0.0485 e. The van der Waals surface area contributed by atoms with Gasteiger partial charge < -0.3 is 4.57 Å². The van der Waals surface area contributed by atoms with Crippen LogP contribution in [0.25, 0.3) is 11.3 Å². The van der Waals surface area contributed by atoms with E-state index in [1.165, 1.54) is 42.6 Å². The van der Waals surface area contributed by atoms with Gasteiger partial charge in [-0.25, -0.2) is 0 Å². The first-order chi connectivity index (χ1) is 8.75. The van der Waals surface area contributed by atoms with Crippen LogP contribution >= 0.6 is 11.6 Å². The Morgan fingerprint density at radius 3 is 2.33 bits per heavy atom. The molecular weight excluding hydrogens is 242 g/mol. The molecule has 1 aromatic carbocycles. The van der Waals surface area contributed by atoms with Gasteiger partial charge in [0.15, 0.2) is 0 Å². The van der Waals surface area contributed by atoms with E-state index in [0.717, 1.165) is 5.02 Å². The molecule has 1 nitrogen and oxygen atoms in total. The van der Waals surface area contributed by atoms with E-state index in [2.05, 4.69) is 35.8 Å². The van der Waals surface area contributed by atoms with E-state index in [1.807, 2.05) is 12.1 Å². The SMILES string of the molecule is Cc1ccc(-c2ccc(Cl)cc2)n1C1CCCC1. The highest BCUT2D eigenvalue weighted by molar-refractivity contribution is 6.30. The molecule has 0 amide bonds. The van der Waals surface area contributed by atoms with Crippen LogP contribution in [0.3, 0.4) is 0 Å². The minimum Gasteiger partial charge on any atom is -0.342 e. The van der Waals surface area contributed by atoms with Crippen molar-refractivity contribution in [3.05, 3.63) is 47.1 Å². The van der Waals surface area contributed by atoms with Gasteiger partial charge in [-0.1, -0.05) is 36.6 Å². The normalized spacial score (nSPS) is 16.3. The highest BCUT2D eigenvalue weighted by Crippen LogP contribution is 2.35. The number of hydrogen-bond acceptors (Lipinski definition) is 0. The number of nitrogens with zero attached hydrogens (tertiary/aromatic N) is 1. The molecule has 2 aromatic rings. The average molecular weight is 260 g/mol. The number of aromatic nitrogens is 1. The van der Waals surface area contributed by atoms with E-state index in [9.17, 15) is 0 Å². The lowest BCUT2D eigenvalue weighted by molar-refractivity contribution is 0.515. The van der Waals surface area contributed by atoms with Crippen LogP contribution < -0.4 is 0 Å². The molecule has 3 rings (SSSR count). The first kappa shape index (κ1) is 11.9. The Bertz CT molecular complexity index is 533. The summed E-state index contributed by atoms with van der Waals surface area (Å²) in [5, 5.41) is 0.800. The van der Waals surface area contributed by atoms with Gasteiger partial charge >= 0.3 is 0 Å². The number of aryl methyl sites for hydroxylation is 1. The molecule has 94 valence electrons. The van der Waals surface area contributed by atoms with E-state index in [4.69, 9.17) is 11.6 Å². The molecule has 0 radical (unpaired) electrons. The molecule has 0 atom stereocenters. The third kappa shape index (κ3) is 2.08. The van der Waals surface area contributed by atoms with Gasteiger partial charge in [-0.2, -0.15) is 0 Å².